The number of nitrogens with one attached hydrogen (secondary N) is 1. The van der Waals surface area contributed by atoms with Gasteiger partial charge in [0.25, 0.3) is 0 Å². The average Bonchev–Trinajstić information content (AvgIpc) is 3.13. The zero-order chi connectivity index (χ0) is 15.1. The molecule has 22 heavy (non-hydrogen) atoms. The molecule has 0 aliphatic carbocycles. The largest absolute Gasteiger partial charge is 0.454 e. The van der Waals surface area contributed by atoms with E-state index in [1.807, 2.05) is 17.0 Å². The highest BCUT2D eigenvalue weighted by Crippen LogP contribution is 2.34. The number of rotatable bonds is 1. The van der Waals surface area contributed by atoms with Gasteiger partial charge in [0.2, 0.25) is 6.79 Å². The third kappa shape index (κ3) is 2.15. The second-order valence-corrected chi connectivity index (χ2v) is 5.57. The van der Waals surface area contributed by atoms with E-state index in [1.54, 1.807) is 12.1 Å². The predicted molar refractivity (Wildman–Crippen MR) is 82.0 cm³/mol. The van der Waals surface area contributed by atoms with Crippen LogP contribution in [-0.2, 0) is 13.1 Å². The maximum absolute atomic E-state index is 12.4. The second kappa shape index (κ2) is 4.94. The van der Waals surface area contributed by atoms with Crippen LogP contribution in [0.1, 0.15) is 16.7 Å². The third-order valence-corrected chi connectivity index (χ3v) is 4.13. The first-order chi connectivity index (χ1) is 10.7. The summed E-state index contributed by atoms with van der Waals surface area (Å²) in [6.07, 6.45) is 0. The van der Waals surface area contributed by atoms with E-state index in [9.17, 15) is 4.79 Å². The van der Waals surface area contributed by atoms with Crippen molar-refractivity contribution in [3.8, 4) is 11.5 Å². The zero-order valence-corrected chi connectivity index (χ0v) is 12.3. The fourth-order valence-electron chi connectivity index (χ4n) is 2.91. The lowest BCUT2D eigenvalue weighted by atomic mass is 10.1. The number of carbonyl (C=O) groups is 1. The minimum Gasteiger partial charge on any atom is -0.454 e. The SMILES string of the molecule is Cc1cccc2c1CN(C(=O)Nc1ccc3c(c1)OCO3)C2. The van der Waals surface area contributed by atoms with Gasteiger partial charge in [0, 0.05) is 24.8 Å². The monoisotopic (exact) mass is 296 g/mol. The van der Waals surface area contributed by atoms with E-state index >= 15 is 0 Å². The molecule has 0 spiro atoms. The minimum atomic E-state index is -0.102. The van der Waals surface area contributed by atoms with Crippen LogP contribution in [0.2, 0.25) is 0 Å². The first-order valence-corrected chi connectivity index (χ1v) is 7.23. The Kier molecular flexibility index (Phi) is 2.92. The molecule has 2 aliphatic heterocycles. The molecule has 1 N–H and O–H groups in total. The van der Waals surface area contributed by atoms with Crippen LogP contribution in [0.15, 0.2) is 36.4 Å². The molecule has 4 rings (SSSR count). The molecule has 0 bridgehead atoms. The molecule has 5 nitrogen and oxygen atoms in total. The van der Waals surface area contributed by atoms with Crippen LogP contribution in [0.4, 0.5) is 10.5 Å². The van der Waals surface area contributed by atoms with Crippen molar-refractivity contribution in [2.24, 2.45) is 0 Å². The van der Waals surface area contributed by atoms with E-state index in [4.69, 9.17) is 9.47 Å². The van der Waals surface area contributed by atoms with Crippen molar-refractivity contribution in [3.05, 3.63) is 53.1 Å². The lowest BCUT2D eigenvalue weighted by molar-refractivity contribution is 0.174. The minimum absolute atomic E-state index is 0.102. The van der Waals surface area contributed by atoms with Crippen LogP contribution in [0, 0.1) is 6.92 Å². The molecule has 0 fully saturated rings. The zero-order valence-electron chi connectivity index (χ0n) is 12.3. The topological polar surface area (TPSA) is 50.8 Å². The number of carbonyl (C=O) groups excluding carboxylic acids is 1. The smallest absolute Gasteiger partial charge is 0.322 e. The first-order valence-electron chi connectivity index (χ1n) is 7.23. The van der Waals surface area contributed by atoms with E-state index in [-0.39, 0.29) is 12.8 Å². The molecule has 0 radical (unpaired) electrons. The Morgan fingerprint density at radius 3 is 2.86 bits per heavy atom. The molecule has 2 heterocycles. The van der Waals surface area contributed by atoms with Crippen molar-refractivity contribution in [1.29, 1.82) is 0 Å². The summed E-state index contributed by atoms with van der Waals surface area (Å²) in [4.78, 5) is 14.2. The number of fused-ring (bicyclic) bond motifs is 2. The number of aryl methyl sites for hydroxylation is 1. The number of anilines is 1. The van der Waals surface area contributed by atoms with Crippen molar-refractivity contribution in [1.82, 2.24) is 4.90 Å². The highest BCUT2D eigenvalue weighted by molar-refractivity contribution is 5.90. The molecule has 0 saturated heterocycles. The Balaban J connectivity index is 1.49. The van der Waals surface area contributed by atoms with Gasteiger partial charge in [0.05, 0.1) is 0 Å². The lowest BCUT2D eigenvalue weighted by Gasteiger charge is -2.16. The van der Waals surface area contributed by atoms with Gasteiger partial charge in [-0.05, 0) is 35.7 Å². The number of hydrogen-bond donors (Lipinski definition) is 1. The van der Waals surface area contributed by atoms with Crippen molar-refractivity contribution >= 4 is 11.7 Å². The summed E-state index contributed by atoms with van der Waals surface area (Å²) in [5, 5.41) is 2.92. The standard InChI is InChI=1S/C17H16N2O3/c1-11-3-2-4-12-8-19(9-14(11)12)17(20)18-13-5-6-15-16(7-13)22-10-21-15/h2-7H,8-10H2,1H3,(H,18,20). The highest BCUT2D eigenvalue weighted by Gasteiger charge is 2.24. The third-order valence-electron chi connectivity index (χ3n) is 4.13. The Morgan fingerprint density at radius 1 is 1.14 bits per heavy atom. The first kappa shape index (κ1) is 13.0. The van der Waals surface area contributed by atoms with E-state index in [0.717, 1.165) is 0 Å². The second-order valence-electron chi connectivity index (χ2n) is 5.57. The quantitative estimate of drug-likeness (QED) is 0.878. The average molecular weight is 296 g/mol. The summed E-state index contributed by atoms with van der Waals surface area (Å²) < 4.78 is 10.6. The van der Waals surface area contributed by atoms with Crippen LogP contribution in [0.3, 0.4) is 0 Å². The maximum Gasteiger partial charge on any atom is 0.322 e. The van der Waals surface area contributed by atoms with Gasteiger partial charge in [-0.3, -0.25) is 0 Å². The fourth-order valence-corrected chi connectivity index (χ4v) is 2.91. The summed E-state index contributed by atoms with van der Waals surface area (Å²) >= 11 is 0. The Labute approximate surface area is 128 Å². The van der Waals surface area contributed by atoms with Crippen molar-refractivity contribution < 1.29 is 14.3 Å². The van der Waals surface area contributed by atoms with E-state index < -0.39 is 0 Å². The number of nitrogens with zero attached hydrogens (tertiary/aromatic N) is 1. The van der Waals surface area contributed by atoms with Gasteiger partial charge < -0.3 is 19.7 Å². The predicted octanol–water partition coefficient (Wildman–Crippen LogP) is 3.27. The van der Waals surface area contributed by atoms with Gasteiger partial charge in [-0.2, -0.15) is 0 Å². The van der Waals surface area contributed by atoms with Gasteiger partial charge in [0.15, 0.2) is 11.5 Å². The fraction of sp³-hybridized carbons (Fsp3) is 0.235. The molecule has 0 atom stereocenters. The summed E-state index contributed by atoms with van der Waals surface area (Å²) in [6.45, 7) is 3.61. The van der Waals surface area contributed by atoms with Gasteiger partial charge >= 0.3 is 6.03 Å². The molecule has 112 valence electrons. The molecular weight excluding hydrogens is 280 g/mol. The molecule has 2 aromatic carbocycles. The van der Waals surface area contributed by atoms with E-state index in [1.165, 1.54) is 16.7 Å². The van der Waals surface area contributed by atoms with Crippen molar-refractivity contribution in [2.45, 2.75) is 20.0 Å². The molecule has 2 amide bonds. The van der Waals surface area contributed by atoms with Gasteiger partial charge in [-0.15, -0.1) is 0 Å². The van der Waals surface area contributed by atoms with Crippen molar-refractivity contribution in [2.75, 3.05) is 12.1 Å². The lowest BCUT2D eigenvalue weighted by Crippen LogP contribution is -2.30. The molecule has 2 aromatic rings. The van der Waals surface area contributed by atoms with Crippen LogP contribution in [0.25, 0.3) is 0 Å². The van der Waals surface area contributed by atoms with E-state index in [0.29, 0.717) is 30.3 Å². The van der Waals surface area contributed by atoms with Crippen molar-refractivity contribution in [3.63, 3.8) is 0 Å². The summed E-state index contributed by atoms with van der Waals surface area (Å²) in [6, 6.07) is 11.5. The van der Waals surface area contributed by atoms with Crippen LogP contribution >= 0.6 is 0 Å². The normalized spacial score (nSPS) is 14.9. The van der Waals surface area contributed by atoms with Crippen LogP contribution in [-0.4, -0.2) is 17.7 Å². The number of ether oxygens (including phenoxy) is 2. The Bertz CT molecular complexity index is 758. The number of benzene rings is 2. The maximum atomic E-state index is 12.4. The molecule has 0 unspecified atom stereocenters. The summed E-state index contributed by atoms with van der Waals surface area (Å²) in [5.41, 5.74) is 4.42. The van der Waals surface area contributed by atoms with Gasteiger partial charge in [-0.1, -0.05) is 18.2 Å². The molecular formula is C17H16N2O3. The van der Waals surface area contributed by atoms with Gasteiger partial charge in [0.1, 0.15) is 0 Å². The number of amides is 2. The molecule has 5 heteroatoms. The molecule has 0 aromatic heterocycles. The Hall–Kier alpha value is -2.69. The molecule has 2 aliphatic rings. The number of hydrogen-bond acceptors (Lipinski definition) is 3. The summed E-state index contributed by atoms with van der Waals surface area (Å²) in [7, 11) is 0. The van der Waals surface area contributed by atoms with E-state index in [2.05, 4.69) is 24.4 Å². The number of urea groups is 1. The highest BCUT2D eigenvalue weighted by atomic mass is 16.7. The van der Waals surface area contributed by atoms with Crippen LogP contribution < -0.4 is 14.8 Å². The van der Waals surface area contributed by atoms with Gasteiger partial charge in [-0.25, -0.2) is 4.79 Å². The Morgan fingerprint density at radius 2 is 2.00 bits per heavy atom. The molecule has 0 saturated carbocycles. The summed E-state index contributed by atoms with van der Waals surface area (Å²) in [5.74, 6) is 1.38. The van der Waals surface area contributed by atoms with Crippen LogP contribution in [0.5, 0.6) is 11.5 Å².